The molecule has 1 aromatic heterocycles. The number of nitrogens with zero attached hydrogens (tertiary/aromatic N) is 1. The lowest BCUT2D eigenvalue weighted by molar-refractivity contribution is -0.121. The van der Waals surface area contributed by atoms with Gasteiger partial charge in [0.25, 0.3) is 5.91 Å². The van der Waals surface area contributed by atoms with Crippen molar-refractivity contribution < 1.29 is 19.5 Å². The van der Waals surface area contributed by atoms with E-state index in [0.717, 1.165) is 4.90 Å². The van der Waals surface area contributed by atoms with Gasteiger partial charge in [0.1, 0.15) is 5.57 Å². The molecule has 2 heterocycles. The van der Waals surface area contributed by atoms with E-state index in [1.165, 1.54) is 30.4 Å². The molecule has 116 valence electrons. The quantitative estimate of drug-likeness (QED) is 0.848. The highest BCUT2D eigenvalue weighted by molar-refractivity contribution is 7.11. The zero-order valence-electron chi connectivity index (χ0n) is 12.1. The molecule has 3 amide bonds. The van der Waals surface area contributed by atoms with Gasteiger partial charge < -0.3 is 10.4 Å². The number of hydrogen-bond acceptors (Lipinski definition) is 5. The molecule has 0 aliphatic carbocycles. The number of imide groups is 1. The van der Waals surface area contributed by atoms with E-state index in [-0.39, 0.29) is 11.5 Å². The molecule has 0 spiro atoms. The van der Waals surface area contributed by atoms with Gasteiger partial charge in [-0.25, -0.2) is 4.90 Å². The third-order valence-electron chi connectivity index (χ3n) is 3.27. The molecular formula is C16H12N2O4S. The van der Waals surface area contributed by atoms with E-state index in [1.807, 2.05) is 0 Å². The number of thiophene rings is 1. The summed E-state index contributed by atoms with van der Waals surface area (Å²) in [6, 6.07) is 9.64. The Morgan fingerprint density at radius 1 is 1.13 bits per heavy atom. The largest absolute Gasteiger partial charge is 0.502 e. The summed E-state index contributed by atoms with van der Waals surface area (Å²) < 4.78 is 0. The number of carbonyl (C=O) groups is 3. The molecule has 1 aliphatic rings. The third kappa shape index (κ3) is 2.62. The van der Waals surface area contributed by atoms with Crippen LogP contribution in [0.4, 0.5) is 11.4 Å². The Balaban J connectivity index is 1.92. The van der Waals surface area contributed by atoms with Crippen LogP contribution in [0.5, 0.6) is 0 Å². The van der Waals surface area contributed by atoms with Crippen molar-refractivity contribution in [2.75, 3.05) is 10.2 Å². The topological polar surface area (TPSA) is 86.7 Å². The Morgan fingerprint density at radius 2 is 1.83 bits per heavy atom. The highest BCUT2D eigenvalue weighted by atomic mass is 32.1. The number of rotatable bonds is 3. The molecule has 0 saturated heterocycles. The molecule has 3 rings (SSSR count). The van der Waals surface area contributed by atoms with Gasteiger partial charge >= 0.3 is 5.91 Å². The molecule has 7 heteroatoms. The van der Waals surface area contributed by atoms with Crippen molar-refractivity contribution in [1.29, 1.82) is 0 Å². The van der Waals surface area contributed by atoms with Gasteiger partial charge in [0.05, 0.1) is 5.69 Å². The van der Waals surface area contributed by atoms with Crippen LogP contribution in [0.3, 0.4) is 0 Å². The number of benzene rings is 1. The van der Waals surface area contributed by atoms with E-state index in [2.05, 4.69) is 5.32 Å². The fourth-order valence-corrected chi connectivity index (χ4v) is 3.06. The standard InChI is InChI=1S/C16H12N2O4S/c1-9(19)17-10-4-6-11(7-5-10)18-15(21)13(14(20)16(18)22)12-3-2-8-23-12/h2-8,20H,1H3,(H,17,19). The number of hydrogen-bond donors (Lipinski definition) is 2. The summed E-state index contributed by atoms with van der Waals surface area (Å²) >= 11 is 1.27. The Kier molecular flexibility index (Phi) is 3.71. The van der Waals surface area contributed by atoms with Crippen molar-refractivity contribution in [2.24, 2.45) is 0 Å². The van der Waals surface area contributed by atoms with Gasteiger partial charge in [0.2, 0.25) is 5.91 Å². The van der Waals surface area contributed by atoms with Crippen molar-refractivity contribution >= 4 is 46.0 Å². The molecule has 1 aromatic carbocycles. The molecule has 1 aliphatic heterocycles. The van der Waals surface area contributed by atoms with Crippen LogP contribution < -0.4 is 10.2 Å². The summed E-state index contributed by atoms with van der Waals surface area (Å²) in [5, 5.41) is 14.4. The highest BCUT2D eigenvalue weighted by Gasteiger charge is 2.40. The summed E-state index contributed by atoms with van der Waals surface area (Å²) in [5.41, 5.74) is 0.888. The fraction of sp³-hybridized carbons (Fsp3) is 0.0625. The number of nitrogens with one attached hydrogen (secondary N) is 1. The van der Waals surface area contributed by atoms with Crippen molar-refractivity contribution in [1.82, 2.24) is 0 Å². The second kappa shape index (κ2) is 5.69. The van der Waals surface area contributed by atoms with Crippen LogP contribution in [-0.2, 0) is 14.4 Å². The first-order valence-electron chi connectivity index (χ1n) is 6.72. The Morgan fingerprint density at radius 3 is 2.39 bits per heavy atom. The molecule has 23 heavy (non-hydrogen) atoms. The molecule has 2 aromatic rings. The molecule has 0 radical (unpaired) electrons. The maximum Gasteiger partial charge on any atom is 0.301 e. The second-order valence-electron chi connectivity index (χ2n) is 4.87. The number of carbonyl (C=O) groups excluding carboxylic acids is 3. The number of anilines is 2. The maximum atomic E-state index is 12.5. The predicted octanol–water partition coefficient (Wildman–Crippen LogP) is 2.55. The molecule has 0 atom stereocenters. The third-order valence-corrected chi connectivity index (χ3v) is 4.16. The van der Waals surface area contributed by atoms with Gasteiger partial charge in [-0.1, -0.05) is 6.07 Å². The first-order valence-corrected chi connectivity index (χ1v) is 7.60. The highest BCUT2D eigenvalue weighted by Crippen LogP contribution is 2.34. The number of aliphatic hydroxyl groups is 1. The van der Waals surface area contributed by atoms with Crippen molar-refractivity contribution in [3.8, 4) is 0 Å². The molecule has 0 bridgehead atoms. The smallest absolute Gasteiger partial charge is 0.301 e. The lowest BCUT2D eigenvalue weighted by Gasteiger charge is -2.15. The zero-order chi connectivity index (χ0) is 16.6. The van der Waals surface area contributed by atoms with Crippen LogP contribution in [0.2, 0.25) is 0 Å². The molecule has 0 unspecified atom stereocenters. The maximum absolute atomic E-state index is 12.5. The normalized spacial score (nSPS) is 14.6. The Hall–Kier alpha value is -2.93. The van der Waals surface area contributed by atoms with Crippen molar-refractivity contribution in [3.63, 3.8) is 0 Å². The van der Waals surface area contributed by atoms with E-state index >= 15 is 0 Å². The van der Waals surface area contributed by atoms with E-state index in [1.54, 1.807) is 29.6 Å². The van der Waals surface area contributed by atoms with E-state index in [9.17, 15) is 19.5 Å². The van der Waals surface area contributed by atoms with Crippen molar-refractivity contribution in [2.45, 2.75) is 6.92 Å². The molecule has 6 nitrogen and oxygen atoms in total. The molecule has 0 saturated carbocycles. The van der Waals surface area contributed by atoms with Crippen LogP contribution in [0.25, 0.3) is 5.57 Å². The Labute approximate surface area is 135 Å². The average Bonchev–Trinajstić information content (AvgIpc) is 3.09. The summed E-state index contributed by atoms with van der Waals surface area (Å²) in [6.45, 7) is 1.39. The van der Waals surface area contributed by atoms with Crippen LogP contribution in [0.1, 0.15) is 11.8 Å². The van der Waals surface area contributed by atoms with Gasteiger partial charge in [-0.05, 0) is 35.7 Å². The molecule has 2 N–H and O–H groups in total. The Bertz CT molecular complexity index is 822. The van der Waals surface area contributed by atoms with Crippen LogP contribution >= 0.6 is 11.3 Å². The first kappa shape index (κ1) is 15.0. The zero-order valence-corrected chi connectivity index (χ0v) is 12.9. The van der Waals surface area contributed by atoms with Crippen LogP contribution in [-0.4, -0.2) is 22.8 Å². The summed E-state index contributed by atoms with van der Waals surface area (Å²) in [5.74, 6) is -2.10. The van der Waals surface area contributed by atoms with E-state index in [4.69, 9.17) is 0 Å². The summed E-state index contributed by atoms with van der Waals surface area (Å²) in [6.07, 6.45) is 0. The van der Waals surface area contributed by atoms with Crippen molar-refractivity contribution in [3.05, 3.63) is 52.4 Å². The SMILES string of the molecule is CC(=O)Nc1ccc(N2C(=O)C(O)=C(c3cccs3)C2=O)cc1. The fourth-order valence-electron chi connectivity index (χ4n) is 2.29. The summed E-state index contributed by atoms with van der Waals surface area (Å²) in [4.78, 5) is 37.2. The van der Waals surface area contributed by atoms with Gasteiger partial charge in [-0.3, -0.25) is 14.4 Å². The van der Waals surface area contributed by atoms with Gasteiger partial charge in [0, 0.05) is 17.5 Å². The minimum Gasteiger partial charge on any atom is -0.502 e. The van der Waals surface area contributed by atoms with Crippen LogP contribution in [0.15, 0.2) is 47.5 Å². The minimum atomic E-state index is -0.759. The van der Waals surface area contributed by atoms with E-state index < -0.39 is 17.6 Å². The molecule has 0 fully saturated rings. The monoisotopic (exact) mass is 328 g/mol. The number of amides is 3. The number of aliphatic hydroxyl groups excluding tert-OH is 1. The van der Waals surface area contributed by atoms with E-state index in [0.29, 0.717) is 16.3 Å². The molecular weight excluding hydrogens is 316 g/mol. The van der Waals surface area contributed by atoms with Gasteiger partial charge in [-0.15, -0.1) is 11.3 Å². The predicted molar refractivity (Wildman–Crippen MR) is 87.1 cm³/mol. The van der Waals surface area contributed by atoms with Gasteiger partial charge in [-0.2, -0.15) is 0 Å². The summed E-state index contributed by atoms with van der Waals surface area (Å²) in [7, 11) is 0. The first-order chi connectivity index (χ1) is 11.0. The lowest BCUT2D eigenvalue weighted by Crippen LogP contribution is -2.31. The van der Waals surface area contributed by atoms with Gasteiger partial charge in [0.15, 0.2) is 5.76 Å². The average molecular weight is 328 g/mol. The van der Waals surface area contributed by atoms with Crippen LogP contribution in [0, 0.1) is 0 Å². The minimum absolute atomic E-state index is 0.0101. The second-order valence-corrected chi connectivity index (χ2v) is 5.82. The lowest BCUT2D eigenvalue weighted by atomic mass is 10.2.